The van der Waals surface area contributed by atoms with Gasteiger partial charge in [-0.25, -0.2) is 9.97 Å². The molecule has 0 aliphatic rings. The van der Waals surface area contributed by atoms with Crippen LogP contribution < -0.4 is 4.57 Å². The van der Waals surface area contributed by atoms with Crippen LogP contribution in [-0.2, 0) is 33.5 Å². The van der Waals surface area contributed by atoms with Crippen molar-refractivity contribution in [1.29, 1.82) is 0 Å². The van der Waals surface area contributed by atoms with E-state index < -0.39 is 0 Å². The first kappa shape index (κ1) is 31.5. The Labute approximate surface area is 309 Å². The summed E-state index contributed by atoms with van der Waals surface area (Å²) >= 11 is 0. The molecular formula is C43H33N7Pt-2. The predicted molar refractivity (Wildman–Crippen MR) is 200 cm³/mol. The fourth-order valence-corrected chi connectivity index (χ4v) is 7.53. The van der Waals surface area contributed by atoms with Crippen LogP contribution in [0.3, 0.4) is 0 Å². The number of nitrogens with zero attached hydrogens (tertiary/aromatic N) is 7. The molecule has 0 aliphatic carbocycles. The first-order chi connectivity index (χ1) is 24.3. The van der Waals surface area contributed by atoms with Gasteiger partial charge in [0.05, 0.1) is 29.1 Å². The molecule has 0 bridgehead atoms. The van der Waals surface area contributed by atoms with Gasteiger partial charge in [0.1, 0.15) is 5.82 Å². The molecule has 8 heteroatoms. The smallest absolute Gasteiger partial charge is 0.242 e. The number of fused-ring (bicyclic) bond motifs is 9. The summed E-state index contributed by atoms with van der Waals surface area (Å²) < 4.78 is 10.8. The van der Waals surface area contributed by atoms with E-state index in [1.165, 1.54) is 5.56 Å². The molecule has 0 N–H and O–H groups in total. The quantitative estimate of drug-likeness (QED) is 0.132. The van der Waals surface area contributed by atoms with Crippen LogP contribution in [0.15, 0.2) is 109 Å². The molecule has 252 valence electrons. The summed E-state index contributed by atoms with van der Waals surface area (Å²) in [5, 5.41) is 2.26. The standard InChI is InChI=1S/C43H33N7.Pt/c1-27-12-10-19-36-41(27)45-42-49(36)38-24-32-31-15-6-7-16-33(31)48(37(32)25-39(38)50(42)40-22-28(20-21-44-40)43(2,3)4)30-14-11-13-29(23-30)47-26-46(5)34-17-8-9-18-35(34)47;/h6-22,24H,1-5H3;/q-2;. The fourth-order valence-electron chi connectivity index (χ4n) is 7.53. The predicted octanol–water partition coefficient (Wildman–Crippen LogP) is 8.70. The summed E-state index contributed by atoms with van der Waals surface area (Å²) in [6.45, 7) is 8.82. The van der Waals surface area contributed by atoms with Crippen molar-refractivity contribution in [2.75, 3.05) is 0 Å². The normalized spacial score (nSPS) is 12.3. The number of hydrogen-bond donors (Lipinski definition) is 0. The zero-order chi connectivity index (χ0) is 33.9. The Hall–Kier alpha value is -5.52. The van der Waals surface area contributed by atoms with Crippen LogP contribution in [0.2, 0.25) is 0 Å². The number of para-hydroxylation sites is 4. The van der Waals surface area contributed by atoms with E-state index in [1.807, 2.05) is 17.8 Å². The van der Waals surface area contributed by atoms with Crippen molar-refractivity contribution in [3.8, 4) is 17.2 Å². The van der Waals surface area contributed by atoms with Crippen LogP contribution in [0.25, 0.3) is 77.9 Å². The first-order valence-corrected chi connectivity index (χ1v) is 16.9. The molecule has 5 heterocycles. The Morgan fingerprint density at radius 2 is 1.47 bits per heavy atom. The van der Waals surface area contributed by atoms with Gasteiger partial charge >= 0.3 is 0 Å². The Morgan fingerprint density at radius 3 is 2.31 bits per heavy atom. The zero-order valence-electron chi connectivity index (χ0n) is 28.8. The third kappa shape index (κ3) is 4.57. The molecule has 0 fully saturated rings. The molecule has 0 radical (unpaired) electrons. The first-order valence-electron chi connectivity index (χ1n) is 16.9. The topological polar surface area (TPSA) is 48.9 Å². The summed E-state index contributed by atoms with van der Waals surface area (Å²) in [6, 6.07) is 43.9. The Morgan fingerprint density at radius 1 is 0.706 bits per heavy atom. The maximum atomic E-state index is 5.25. The minimum absolute atomic E-state index is 0. The van der Waals surface area contributed by atoms with E-state index in [0.29, 0.717) is 0 Å². The largest absolute Gasteiger partial charge is 0.359 e. The maximum Gasteiger partial charge on any atom is 0.242 e. The van der Waals surface area contributed by atoms with Gasteiger partial charge < -0.3 is 18.1 Å². The van der Waals surface area contributed by atoms with Gasteiger partial charge in [-0.1, -0.05) is 92.3 Å². The zero-order valence-corrected chi connectivity index (χ0v) is 31.1. The average Bonchev–Trinajstić information content (AvgIpc) is 3.85. The number of pyridine rings is 1. The summed E-state index contributed by atoms with van der Waals surface area (Å²) in [7, 11) is 2.03. The number of aryl methyl sites for hydroxylation is 2. The SMILES string of the molecule is Cc1cccc2c1nc1n(-c3cc(C(C)(C)C)ccn3)c3[c-]c4c(cc3n21)c1ccccc1n4-c1[c-]c(-[n+]2[c-]n(C)c3ccccc32)ccc1.[Pt]. The molecule has 0 atom stereocenters. The van der Waals surface area contributed by atoms with Gasteiger partial charge in [-0.15, -0.1) is 23.6 Å². The summed E-state index contributed by atoms with van der Waals surface area (Å²) in [5.74, 6) is 1.64. The van der Waals surface area contributed by atoms with Gasteiger partial charge in [0.25, 0.3) is 0 Å². The fraction of sp³-hybridized carbons (Fsp3) is 0.140. The molecule has 0 saturated heterocycles. The van der Waals surface area contributed by atoms with Crippen LogP contribution in [0, 0.1) is 25.4 Å². The molecule has 10 aromatic rings. The molecule has 51 heavy (non-hydrogen) atoms. The van der Waals surface area contributed by atoms with Crippen molar-refractivity contribution in [2.45, 2.75) is 33.1 Å². The van der Waals surface area contributed by atoms with E-state index in [4.69, 9.17) is 9.97 Å². The number of imidazole rings is 3. The van der Waals surface area contributed by atoms with Crippen LogP contribution in [0.1, 0.15) is 31.9 Å². The van der Waals surface area contributed by atoms with Gasteiger partial charge in [-0.05, 0) is 64.2 Å². The van der Waals surface area contributed by atoms with Crippen molar-refractivity contribution >= 4 is 60.7 Å². The number of benzene rings is 5. The minimum Gasteiger partial charge on any atom is -0.359 e. The Balaban J connectivity index is 0.00000348. The molecule has 0 unspecified atom stereocenters. The third-order valence-electron chi connectivity index (χ3n) is 10.0. The molecule has 5 aromatic carbocycles. The van der Waals surface area contributed by atoms with Crippen molar-refractivity contribution in [3.05, 3.63) is 139 Å². The van der Waals surface area contributed by atoms with Gasteiger partial charge in [0.2, 0.25) is 12.1 Å². The van der Waals surface area contributed by atoms with Crippen LogP contribution in [0.4, 0.5) is 0 Å². The molecule has 7 nitrogen and oxygen atoms in total. The molecule has 0 aliphatic heterocycles. The van der Waals surface area contributed by atoms with Gasteiger partial charge in [-0.2, -0.15) is 18.2 Å². The Bertz CT molecular complexity index is 3000. The van der Waals surface area contributed by atoms with E-state index in [0.717, 1.165) is 83.4 Å². The molecule has 0 amide bonds. The second-order valence-corrected chi connectivity index (χ2v) is 14.2. The van der Waals surface area contributed by atoms with Crippen LogP contribution in [-0.4, -0.2) is 28.1 Å². The van der Waals surface area contributed by atoms with E-state index >= 15 is 0 Å². The number of hydrogen-bond acceptors (Lipinski definition) is 2. The molecule has 5 aromatic heterocycles. The Kier molecular flexibility index (Phi) is 6.94. The summed E-state index contributed by atoms with van der Waals surface area (Å²) in [6.07, 6.45) is 5.38. The monoisotopic (exact) mass is 842 g/mol. The van der Waals surface area contributed by atoms with Gasteiger partial charge in [-0.3, -0.25) is 4.57 Å². The van der Waals surface area contributed by atoms with Crippen molar-refractivity contribution in [3.63, 3.8) is 0 Å². The molecule has 10 rings (SSSR count). The summed E-state index contributed by atoms with van der Waals surface area (Å²) in [4.78, 5) is 10.2. The summed E-state index contributed by atoms with van der Waals surface area (Å²) in [5.41, 5.74) is 12.4. The number of aromatic nitrogens is 7. The van der Waals surface area contributed by atoms with Gasteiger partial charge in [0.15, 0.2) is 0 Å². The van der Waals surface area contributed by atoms with E-state index in [1.54, 1.807) is 0 Å². The van der Waals surface area contributed by atoms with Gasteiger partial charge in [0, 0.05) is 32.8 Å². The van der Waals surface area contributed by atoms with Crippen molar-refractivity contribution in [1.82, 2.24) is 28.1 Å². The second-order valence-electron chi connectivity index (χ2n) is 14.2. The van der Waals surface area contributed by atoms with E-state index in [-0.39, 0.29) is 26.5 Å². The minimum atomic E-state index is -0.0442. The molecule has 0 saturated carbocycles. The molecular weight excluding hydrogens is 810 g/mol. The second kappa shape index (κ2) is 11.2. The van der Waals surface area contributed by atoms with Crippen molar-refractivity contribution in [2.24, 2.45) is 7.05 Å². The average molecular weight is 843 g/mol. The van der Waals surface area contributed by atoms with Crippen molar-refractivity contribution < 1.29 is 25.6 Å². The van der Waals surface area contributed by atoms with E-state index in [2.05, 4.69) is 167 Å². The van der Waals surface area contributed by atoms with E-state index in [9.17, 15) is 0 Å². The maximum absolute atomic E-state index is 5.25. The third-order valence-corrected chi connectivity index (χ3v) is 10.0. The van der Waals surface area contributed by atoms with Crippen LogP contribution in [0.5, 0.6) is 0 Å². The number of rotatable bonds is 3. The van der Waals surface area contributed by atoms with Crippen LogP contribution >= 0.6 is 0 Å². The molecule has 0 spiro atoms.